The standard InChI is InChI=1S/C22H21F3N4O4/c1-13-6-8-15(9-7-13)21(2)19(32)29(20(33)28-21)11-17(30)27-16-5-3-4-14(10-16)18(31)26-12-22(23,24)25/h3-10H,11-12H2,1-2H3,(H,26,31)(H,27,30)(H,28,33)/t21-/m1/s1. The van der Waals surface area contributed by atoms with Crippen LogP contribution in [0.1, 0.15) is 28.4 Å². The van der Waals surface area contributed by atoms with Crippen molar-refractivity contribution in [3.63, 3.8) is 0 Å². The van der Waals surface area contributed by atoms with E-state index in [0.717, 1.165) is 10.5 Å². The number of hydrogen-bond acceptors (Lipinski definition) is 4. The molecule has 1 heterocycles. The zero-order valence-corrected chi connectivity index (χ0v) is 17.7. The molecule has 0 spiro atoms. The van der Waals surface area contributed by atoms with E-state index in [0.29, 0.717) is 5.56 Å². The predicted octanol–water partition coefficient (Wildman–Crippen LogP) is 2.69. The molecule has 0 aromatic heterocycles. The highest BCUT2D eigenvalue weighted by Gasteiger charge is 2.49. The minimum Gasteiger partial charge on any atom is -0.343 e. The van der Waals surface area contributed by atoms with Gasteiger partial charge in [0.1, 0.15) is 18.6 Å². The number of carbonyl (C=O) groups excluding carboxylic acids is 4. The van der Waals surface area contributed by atoms with Crippen molar-refractivity contribution >= 4 is 29.4 Å². The number of imide groups is 1. The SMILES string of the molecule is Cc1ccc([C@@]2(C)NC(=O)N(CC(=O)Nc3cccc(C(=O)NCC(F)(F)F)c3)C2=O)cc1. The third-order valence-electron chi connectivity index (χ3n) is 5.06. The van der Waals surface area contributed by atoms with Crippen LogP contribution in [0.4, 0.5) is 23.7 Å². The fourth-order valence-electron chi connectivity index (χ4n) is 3.29. The zero-order chi connectivity index (χ0) is 24.4. The van der Waals surface area contributed by atoms with Crippen LogP contribution < -0.4 is 16.0 Å². The highest BCUT2D eigenvalue weighted by Crippen LogP contribution is 2.29. The van der Waals surface area contributed by atoms with Crippen molar-refractivity contribution in [1.29, 1.82) is 0 Å². The van der Waals surface area contributed by atoms with Gasteiger partial charge < -0.3 is 16.0 Å². The summed E-state index contributed by atoms with van der Waals surface area (Å²) >= 11 is 0. The minimum absolute atomic E-state index is 0.0982. The molecule has 33 heavy (non-hydrogen) atoms. The molecule has 2 aromatic rings. The number of nitrogens with zero attached hydrogens (tertiary/aromatic N) is 1. The van der Waals surface area contributed by atoms with Crippen LogP contribution >= 0.6 is 0 Å². The molecule has 5 amide bonds. The average Bonchev–Trinajstić information content (AvgIpc) is 2.96. The molecule has 1 fully saturated rings. The number of nitrogens with one attached hydrogen (secondary N) is 3. The van der Waals surface area contributed by atoms with Crippen molar-refractivity contribution in [2.24, 2.45) is 0 Å². The average molecular weight is 462 g/mol. The lowest BCUT2D eigenvalue weighted by atomic mass is 9.91. The van der Waals surface area contributed by atoms with E-state index in [-0.39, 0.29) is 11.3 Å². The highest BCUT2D eigenvalue weighted by molar-refractivity contribution is 6.10. The van der Waals surface area contributed by atoms with E-state index in [4.69, 9.17) is 0 Å². The smallest absolute Gasteiger partial charge is 0.343 e. The quantitative estimate of drug-likeness (QED) is 0.574. The Morgan fingerprint density at radius 3 is 2.39 bits per heavy atom. The van der Waals surface area contributed by atoms with Crippen LogP contribution in [0.5, 0.6) is 0 Å². The van der Waals surface area contributed by atoms with Crippen molar-refractivity contribution in [3.05, 3.63) is 65.2 Å². The number of amides is 5. The molecular weight excluding hydrogens is 441 g/mol. The first-order valence-electron chi connectivity index (χ1n) is 9.85. The molecule has 11 heteroatoms. The minimum atomic E-state index is -4.56. The molecular formula is C22H21F3N4O4. The first-order chi connectivity index (χ1) is 15.4. The maximum absolute atomic E-state index is 12.9. The summed E-state index contributed by atoms with van der Waals surface area (Å²) in [5.41, 5.74) is 0.227. The number of rotatable bonds is 6. The predicted molar refractivity (Wildman–Crippen MR) is 112 cm³/mol. The van der Waals surface area contributed by atoms with E-state index < -0.39 is 48.6 Å². The fraction of sp³-hybridized carbons (Fsp3) is 0.273. The second kappa shape index (κ2) is 8.93. The monoisotopic (exact) mass is 462 g/mol. The summed E-state index contributed by atoms with van der Waals surface area (Å²) in [5, 5.41) is 6.77. The summed E-state index contributed by atoms with van der Waals surface area (Å²) in [4.78, 5) is 50.4. The normalized spacial score (nSPS) is 18.2. The molecule has 174 valence electrons. The van der Waals surface area contributed by atoms with E-state index >= 15 is 0 Å². The highest BCUT2D eigenvalue weighted by atomic mass is 19.4. The van der Waals surface area contributed by atoms with E-state index in [2.05, 4.69) is 10.6 Å². The Kier molecular flexibility index (Phi) is 6.43. The van der Waals surface area contributed by atoms with Crippen molar-refractivity contribution in [3.8, 4) is 0 Å². The Labute approximate surface area is 187 Å². The van der Waals surface area contributed by atoms with Crippen LogP contribution in [0.25, 0.3) is 0 Å². The second-order valence-corrected chi connectivity index (χ2v) is 7.74. The molecule has 1 aliphatic heterocycles. The number of carbonyl (C=O) groups is 4. The summed E-state index contributed by atoms with van der Waals surface area (Å²) in [6, 6.07) is 11.6. The van der Waals surface area contributed by atoms with Gasteiger partial charge in [0, 0.05) is 11.3 Å². The number of hydrogen-bond donors (Lipinski definition) is 3. The van der Waals surface area contributed by atoms with Gasteiger partial charge in [0.05, 0.1) is 0 Å². The van der Waals surface area contributed by atoms with Gasteiger partial charge in [-0.3, -0.25) is 19.3 Å². The second-order valence-electron chi connectivity index (χ2n) is 7.74. The largest absolute Gasteiger partial charge is 0.405 e. The molecule has 3 rings (SSSR count). The van der Waals surface area contributed by atoms with Crippen LogP contribution in [0.2, 0.25) is 0 Å². The lowest BCUT2D eigenvalue weighted by Crippen LogP contribution is -2.42. The number of benzene rings is 2. The Morgan fingerprint density at radius 1 is 1.09 bits per heavy atom. The van der Waals surface area contributed by atoms with Crippen LogP contribution in [-0.4, -0.2) is 47.9 Å². The number of urea groups is 1. The van der Waals surface area contributed by atoms with Gasteiger partial charge in [-0.1, -0.05) is 35.9 Å². The molecule has 1 saturated heterocycles. The summed E-state index contributed by atoms with van der Waals surface area (Å²) < 4.78 is 36.9. The number of anilines is 1. The zero-order valence-electron chi connectivity index (χ0n) is 17.7. The molecule has 0 unspecified atom stereocenters. The first-order valence-corrected chi connectivity index (χ1v) is 9.85. The van der Waals surface area contributed by atoms with Crippen LogP contribution in [0.15, 0.2) is 48.5 Å². The van der Waals surface area contributed by atoms with Gasteiger partial charge in [0.2, 0.25) is 5.91 Å². The van der Waals surface area contributed by atoms with E-state index in [1.54, 1.807) is 36.5 Å². The number of alkyl halides is 3. The van der Waals surface area contributed by atoms with Crippen molar-refractivity contribution < 1.29 is 32.3 Å². The molecule has 1 aliphatic rings. The lowest BCUT2D eigenvalue weighted by Gasteiger charge is -2.22. The number of halogens is 3. The maximum Gasteiger partial charge on any atom is 0.405 e. The number of aryl methyl sites for hydroxylation is 1. The van der Waals surface area contributed by atoms with Crippen molar-refractivity contribution in [2.75, 3.05) is 18.4 Å². The Morgan fingerprint density at radius 2 is 1.76 bits per heavy atom. The van der Waals surface area contributed by atoms with Gasteiger partial charge in [-0.25, -0.2) is 4.79 Å². The maximum atomic E-state index is 12.9. The fourth-order valence-corrected chi connectivity index (χ4v) is 3.29. The van der Waals surface area contributed by atoms with Gasteiger partial charge in [0.25, 0.3) is 11.8 Å². The Hall–Kier alpha value is -3.89. The molecule has 0 radical (unpaired) electrons. The third-order valence-corrected chi connectivity index (χ3v) is 5.06. The van der Waals surface area contributed by atoms with E-state index in [1.807, 2.05) is 6.92 Å². The summed E-state index contributed by atoms with van der Waals surface area (Å²) in [6.45, 7) is 1.34. The molecule has 0 bridgehead atoms. The molecule has 1 atom stereocenters. The third kappa shape index (κ3) is 5.48. The van der Waals surface area contributed by atoms with Gasteiger partial charge >= 0.3 is 12.2 Å². The first kappa shape index (κ1) is 23.8. The summed E-state index contributed by atoms with van der Waals surface area (Å²) in [5.74, 6) is -2.29. The molecule has 3 N–H and O–H groups in total. The van der Waals surface area contributed by atoms with Gasteiger partial charge in [-0.2, -0.15) is 13.2 Å². The molecule has 8 nitrogen and oxygen atoms in total. The summed E-state index contributed by atoms with van der Waals surface area (Å²) in [6.07, 6.45) is -4.56. The topological polar surface area (TPSA) is 108 Å². The molecule has 0 aliphatic carbocycles. The van der Waals surface area contributed by atoms with Crippen molar-refractivity contribution in [1.82, 2.24) is 15.5 Å². The van der Waals surface area contributed by atoms with E-state index in [9.17, 15) is 32.3 Å². The van der Waals surface area contributed by atoms with Crippen LogP contribution in [0.3, 0.4) is 0 Å². The van der Waals surface area contributed by atoms with Gasteiger partial charge in [0.15, 0.2) is 0 Å². The Bertz CT molecular complexity index is 1100. The molecule has 0 saturated carbocycles. The van der Waals surface area contributed by atoms with Crippen LogP contribution in [-0.2, 0) is 15.1 Å². The lowest BCUT2D eigenvalue weighted by molar-refractivity contribution is -0.133. The summed E-state index contributed by atoms with van der Waals surface area (Å²) in [7, 11) is 0. The van der Waals surface area contributed by atoms with Gasteiger partial charge in [-0.05, 0) is 37.6 Å². The molecule has 2 aromatic carbocycles. The Balaban J connectivity index is 1.66. The van der Waals surface area contributed by atoms with E-state index in [1.165, 1.54) is 24.3 Å². The van der Waals surface area contributed by atoms with Crippen LogP contribution in [0, 0.1) is 6.92 Å². The van der Waals surface area contributed by atoms with Gasteiger partial charge in [-0.15, -0.1) is 0 Å². The van der Waals surface area contributed by atoms with Crippen molar-refractivity contribution in [2.45, 2.75) is 25.6 Å².